The van der Waals surface area contributed by atoms with Crippen molar-refractivity contribution >= 4 is 23.4 Å². The summed E-state index contributed by atoms with van der Waals surface area (Å²) in [4.78, 5) is 23.0. The van der Waals surface area contributed by atoms with Crippen LogP contribution in [0.15, 0.2) is 24.3 Å². The number of benzene rings is 1. The van der Waals surface area contributed by atoms with Gasteiger partial charge < -0.3 is 9.64 Å². The van der Waals surface area contributed by atoms with Crippen LogP contribution in [0.4, 0.5) is 10.5 Å². The van der Waals surface area contributed by atoms with Gasteiger partial charge in [0.05, 0.1) is 17.3 Å². The maximum Gasteiger partial charge on any atom is 0.410 e. The van der Waals surface area contributed by atoms with Crippen LogP contribution in [0.5, 0.6) is 0 Å². The molecule has 1 aromatic rings. The van der Waals surface area contributed by atoms with Crippen LogP contribution < -0.4 is 0 Å². The monoisotopic (exact) mass is 270 g/mol. The van der Waals surface area contributed by atoms with Crippen LogP contribution in [0, 0.1) is 10.1 Å². The van der Waals surface area contributed by atoms with Crippen molar-refractivity contribution in [2.24, 2.45) is 0 Å². The predicted molar refractivity (Wildman–Crippen MR) is 64.5 cm³/mol. The summed E-state index contributed by atoms with van der Waals surface area (Å²) in [6, 6.07) is 6.07. The first-order valence-corrected chi connectivity index (χ1v) is 5.88. The van der Waals surface area contributed by atoms with Crippen LogP contribution in [0.2, 0.25) is 0 Å². The SMILES string of the molecule is O=C1O[C@H](CCl)CN1Cc1ccc([N+](=O)[O-])cc1. The molecule has 0 unspecified atom stereocenters. The average molecular weight is 271 g/mol. The van der Waals surface area contributed by atoms with Crippen molar-refractivity contribution in [2.75, 3.05) is 12.4 Å². The van der Waals surface area contributed by atoms with Crippen molar-refractivity contribution < 1.29 is 14.5 Å². The van der Waals surface area contributed by atoms with Crippen LogP contribution >= 0.6 is 11.6 Å². The molecule has 0 radical (unpaired) electrons. The Kier molecular flexibility index (Phi) is 3.66. The second-order valence-electron chi connectivity index (χ2n) is 3.96. The van der Waals surface area contributed by atoms with E-state index in [1.807, 2.05) is 0 Å². The number of nitro benzene ring substituents is 1. The van der Waals surface area contributed by atoms with E-state index in [0.717, 1.165) is 5.56 Å². The molecule has 1 atom stereocenters. The van der Waals surface area contributed by atoms with Crippen LogP contribution in [0.1, 0.15) is 5.56 Å². The molecular formula is C11H11ClN2O4. The van der Waals surface area contributed by atoms with Gasteiger partial charge in [0.2, 0.25) is 0 Å². The van der Waals surface area contributed by atoms with E-state index < -0.39 is 11.0 Å². The molecule has 96 valence electrons. The fourth-order valence-electron chi connectivity index (χ4n) is 1.73. The molecule has 1 heterocycles. The molecule has 1 fully saturated rings. The number of carbonyl (C=O) groups is 1. The largest absolute Gasteiger partial charge is 0.443 e. The molecule has 0 bridgehead atoms. The summed E-state index contributed by atoms with van der Waals surface area (Å²) in [6.45, 7) is 0.809. The number of carbonyl (C=O) groups excluding carboxylic acids is 1. The Hall–Kier alpha value is -1.82. The molecular weight excluding hydrogens is 260 g/mol. The van der Waals surface area contributed by atoms with Crippen LogP contribution in [0.25, 0.3) is 0 Å². The predicted octanol–water partition coefficient (Wildman–Crippen LogP) is 2.15. The molecule has 1 aliphatic rings. The Morgan fingerprint density at radius 2 is 2.11 bits per heavy atom. The van der Waals surface area contributed by atoms with Gasteiger partial charge in [0, 0.05) is 18.7 Å². The van der Waals surface area contributed by atoms with Crippen molar-refractivity contribution in [3.05, 3.63) is 39.9 Å². The van der Waals surface area contributed by atoms with Gasteiger partial charge in [-0.05, 0) is 5.56 Å². The Balaban J connectivity index is 2.01. The van der Waals surface area contributed by atoms with Crippen LogP contribution in [-0.4, -0.2) is 34.4 Å². The van der Waals surface area contributed by atoms with Crippen molar-refractivity contribution in [1.29, 1.82) is 0 Å². The smallest absolute Gasteiger partial charge is 0.410 e. The van der Waals surface area contributed by atoms with Gasteiger partial charge in [0.1, 0.15) is 6.10 Å². The first-order valence-electron chi connectivity index (χ1n) is 5.35. The minimum atomic E-state index is -0.461. The van der Waals surface area contributed by atoms with E-state index in [1.165, 1.54) is 17.0 Å². The lowest BCUT2D eigenvalue weighted by atomic mass is 10.2. The standard InChI is InChI=1S/C11H11ClN2O4/c12-5-10-7-13(11(15)18-10)6-8-1-3-9(4-2-8)14(16)17/h1-4,10H,5-7H2/t10-/m1/s1. The van der Waals surface area contributed by atoms with Crippen molar-refractivity contribution in [1.82, 2.24) is 4.90 Å². The van der Waals surface area contributed by atoms with Crippen molar-refractivity contribution in [2.45, 2.75) is 12.6 Å². The summed E-state index contributed by atoms with van der Waals surface area (Å²) in [6.07, 6.45) is -0.684. The normalized spacial score (nSPS) is 18.8. The van der Waals surface area contributed by atoms with Crippen LogP contribution in [-0.2, 0) is 11.3 Å². The lowest BCUT2D eigenvalue weighted by Gasteiger charge is -2.12. The molecule has 7 heteroatoms. The number of non-ortho nitro benzene ring substituents is 1. The summed E-state index contributed by atoms with van der Waals surface area (Å²) < 4.78 is 5.00. The second kappa shape index (κ2) is 5.22. The van der Waals surface area contributed by atoms with Gasteiger partial charge in [-0.25, -0.2) is 4.79 Å². The van der Waals surface area contributed by atoms with Gasteiger partial charge in [0.25, 0.3) is 5.69 Å². The Morgan fingerprint density at radius 3 is 2.61 bits per heavy atom. The number of hydrogen-bond acceptors (Lipinski definition) is 4. The number of nitro groups is 1. The highest BCUT2D eigenvalue weighted by molar-refractivity contribution is 6.18. The van der Waals surface area contributed by atoms with Crippen molar-refractivity contribution in [3.8, 4) is 0 Å². The van der Waals surface area contributed by atoms with Gasteiger partial charge in [-0.3, -0.25) is 10.1 Å². The van der Waals surface area contributed by atoms with Gasteiger partial charge in [-0.15, -0.1) is 11.6 Å². The third-order valence-corrected chi connectivity index (χ3v) is 2.99. The summed E-state index contributed by atoms with van der Waals surface area (Å²) in [7, 11) is 0. The molecule has 0 spiro atoms. The molecule has 0 aromatic heterocycles. The van der Waals surface area contributed by atoms with E-state index in [0.29, 0.717) is 13.1 Å². The zero-order chi connectivity index (χ0) is 13.1. The summed E-state index contributed by atoms with van der Waals surface area (Å²) in [5, 5.41) is 10.5. The van der Waals surface area contributed by atoms with E-state index in [-0.39, 0.29) is 17.7 Å². The highest BCUT2D eigenvalue weighted by Crippen LogP contribution is 2.18. The third-order valence-electron chi connectivity index (χ3n) is 2.64. The number of amides is 1. The number of cyclic esters (lactones) is 1. The zero-order valence-corrected chi connectivity index (χ0v) is 10.2. The van der Waals surface area contributed by atoms with E-state index in [9.17, 15) is 14.9 Å². The van der Waals surface area contributed by atoms with Gasteiger partial charge in [0.15, 0.2) is 0 Å². The minimum absolute atomic E-state index is 0.0291. The summed E-state index contributed by atoms with van der Waals surface area (Å²) >= 11 is 5.62. The maximum absolute atomic E-state index is 11.5. The lowest BCUT2D eigenvalue weighted by Crippen LogP contribution is -2.24. The fraction of sp³-hybridized carbons (Fsp3) is 0.364. The van der Waals surface area contributed by atoms with Gasteiger partial charge in [-0.1, -0.05) is 12.1 Å². The minimum Gasteiger partial charge on any atom is -0.443 e. The highest BCUT2D eigenvalue weighted by atomic mass is 35.5. The summed E-state index contributed by atoms with van der Waals surface area (Å²) in [5.41, 5.74) is 0.842. The molecule has 2 rings (SSSR count). The second-order valence-corrected chi connectivity index (χ2v) is 4.27. The third kappa shape index (κ3) is 2.70. The number of alkyl halides is 1. The fourth-order valence-corrected chi connectivity index (χ4v) is 1.89. The molecule has 1 amide bonds. The molecule has 1 aliphatic heterocycles. The Morgan fingerprint density at radius 1 is 1.44 bits per heavy atom. The van der Waals surface area contributed by atoms with Crippen LogP contribution in [0.3, 0.4) is 0 Å². The molecule has 1 saturated heterocycles. The first-order chi connectivity index (χ1) is 8.60. The zero-order valence-electron chi connectivity index (χ0n) is 9.41. The lowest BCUT2D eigenvalue weighted by molar-refractivity contribution is -0.384. The number of ether oxygens (including phenoxy) is 1. The average Bonchev–Trinajstić information content (AvgIpc) is 2.71. The number of halogens is 1. The topological polar surface area (TPSA) is 72.7 Å². The van der Waals surface area contributed by atoms with E-state index in [4.69, 9.17) is 16.3 Å². The molecule has 1 aromatic carbocycles. The highest BCUT2D eigenvalue weighted by Gasteiger charge is 2.30. The van der Waals surface area contributed by atoms with E-state index in [1.54, 1.807) is 12.1 Å². The number of rotatable bonds is 4. The van der Waals surface area contributed by atoms with Gasteiger partial charge >= 0.3 is 6.09 Å². The molecule has 18 heavy (non-hydrogen) atoms. The van der Waals surface area contributed by atoms with E-state index >= 15 is 0 Å². The molecule has 0 aliphatic carbocycles. The quantitative estimate of drug-likeness (QED) is 0.477. The first kappa shape index (κ1) is 12.6. The Labute approximate surface area is 108 Å². The van der Waals surface area contributed by atoms with E-state index in [2.05, 4.69) is 0 Å². The molecule has 0 N–H and O–H groups in total. The number of nitrogens with zero attached hydrogens (tertiary/aromatic N) is 2. The molecule has 6 nitrogen and oxygen atoms in total. The molecule has 0 saturated carbocycles. The number of hydrogen-bond donors (Lipinski definition) is 0. The summed E-state index contributed by atoms with van der Waals surface area (Å²) in [5.74, 6) is 0.266. The van der Waals surface area contributed by atoms with Crippen molar-refractivity contribution in [3.63, 3.8) is 0 Å². The Bertz CT molecular complexity index is 463. The maximum atomic E-state index is 11.5. The van der Waals surface area contributed by atoms with Gasteiger partial charge in [-0.2, -0.15) is 0 Å².